The average Bonchev–Trinajstić information content (AvgIpc) is 3.12. The van der Waals surface area contributed by atoms with Gasteiger partial charge in [0.05, 0.1) is 5.69 Å². The number of benzene rings is 3. The molecule has 10 rings (SSSR count). The van der Waals surface area contributed by atoms with Gasteiger partial charge in [-0.15, -0.1) is 14.2 Å². The van der Waals surface area contributed by atoms with E-state index in [1.54, 1.807) is 56.4 Å². The van der Waals surface area contributed by atoms with Crippen LogP contribution in [0.15, 0.2) is 91.0 Å². The molecular formula is C49H72N3NaP-. The molecule has 54 heavy (non-hydrogen) atoms. The minimum atomic E-state index is 0. The Morgan fingerprint density at radius 1 is 0.796 bits per heavy atom. The van der Waals surface area contributed by atoms with Crippen LogP contribution < -0.4 is 40.4 Å². The van der Waals surface area contributed by atoms with Crippen LogP contribution in [0.4, 0.5) is 5.69 Å². The van der Waals surface area contributed by atoms with Crippen molar-refractivity contribution < 1.29 is 29.6 Å². The van der Waals surface area contributed by atoms with Crippen molar-refractivity contribution >= 4 is 13.6 Å². The van der Waals surface area contributed by atoms with Crippen LogP contribution in [0.3, 0.4) is 0 Å². The first-order chi connectivity index (χ1) is 25.7. The zero-order valence-corrected chi connectivity index (χ0v) is 38.5. The van der Waals surface area contributed by atoms with Gasteiger partial charge in [-0.05, 0) is 132 Å². The Labute approximate surface area is 354 Å². The van der Waals surface area contributed by atoms with E-state index in [2.05, 4.69) is 102 Å². The summed E-state index contributed by atoms with van der Waals surface area (Å²) < 4.78 is 0. The smallest absolute Gasteiger partial charge is 0.661 e. The summed E-state index contributed by atoms with van der Waals surface area (Å²) in [4.78, 5) is 0. The molecule has 3 nitrogen and oxygen atoms in total. The largest absolute Gasteiger partial charge is 1.00 e. The zero-order chi connectivity index (χ0) is 37.9. The normalized spacial score (nSPS) is 34.7. The molecule has 0 aromatic heterocycles. The minimum absolute atomic E-state index is 0. The van der Waals surface area contributed by atoms with E-state index in [9.17, 15) is 0 Å². The molecule has 2 spiro atoms. The van der Waals surface area contributed by atoms with Crippen LogP contribution in [0, 0.1) is 52.8 Å². The van der Waals surface area contributed by atoms with E-state index in [-0.39, 0.29) is 37.5 Å². The van der Waals surface area contributed by atoms with Gasteiger partial charge in [0.15, 0.2) is 0 Å². The topological polar surface area (TPSA) is 43.4 Å². The van der Waals surface area contributed by atoms with Crippen molar-refractivity contribution in [3.63, 3.8) is 0 Å². The summed E-state index contributed by atoms with van der Waals surface area (Å²) in [5, 5.41) is 8.14. The van der Waals surface area contributed by atoms with Crippen LogP contribution in [-0.2, 0) is 6.42 Å². The van der Waals surface area contributed by atoms with Crippen molar-refractivity contribution in [2.24, 2.45) is 52.2 Å². The molecular weight excluding hydrogens is 685 g/mol. The fraction of sp³-hybridized carbons (Fsp3) is 0.612. The molecule has 7 saturated carbocycles. The SMILES string of the molecule is CC.CCC1CC2(P(C[N-]C)C34CC5CC6C[C@H](C3)C654)CC3CCC132.CN(N)c1ccccc1.C[CH-]CC(C)C.[Na+].c1ccc(Cc2ccccc2)cc1. The van der Waals surface area contributed by atoms with Gasteiger partial charge in [0.2, 0.25) is 0 Å². The van der Waals surface area contributed by atoms with Gasteiger partial charge in [-0.2, -0.15) is 20.4 Å². The maximum atomic E-state index is 5.45. The van der Waals surface area contributed by atoms with Crippen molar-refractivity contribution in [1.82, 2.24) is 0 Å². The fourth-order valence-electron chi connectivity index (χ4n) is 13.4. The Balaban J connectivity index is 0.000000155. The second-order valence-electron chi connectivity index (χ2n) is 17.8. The number of nitrogens with two attached hydrogens (primary N) is 1. The van der Waals surface area contributed by atoms with E-state index in [0.717, 1.165) is 51.0 Å². The molecule has 7 aliphatic carbocycles. The number of anilines is 1. The molecule has 5 heteroatoms. The van der Waals surface area contributed by atoms with Crippen LogP contribution >= 0.6 is 7.92 Å². The predicted octanol–water partition coefficient (Wildman–Crippen LogP) is 10.1. The number of hydrogen-bond donors (Lipinski definition) is 1. The number of nitrogens with zero attached hydrogens (tertiary/aromatic N) is 2. The summed E-state index contributed by atoms with van der Waals surface area (Å²) in [6.45, 7) is 13.0. The fourth-order valence-corrected chi connectivity index (χ4v) is 18.8. The second kappa shape index (κ2) is 18.6. The van der Waals surface area contributed by atoms with Gasteiger partial charge in [0, 0.05) is 7.05 Å². The molecule has 0 amide bonds. The van der Waals surface area contributed by atoms with E-state index in [0.29, 0.717) is 0 Å². The molecule has 0 aliphatic heterocycles. The summed E-state index contributed by atoms with van der Waals surface area (Å²) in [6.07, 6.45) is 20.3. The molecule has 0 saturated heterocycles. The van der Waals surface area contributed by atoms with Gasteiger partial charge in [-0.3, -0.25) is 0 Å². The summed E-state index contributed by atoms with van der Waals surface area (Å²) >= 11 is 0. The molecule has 7 aliphatic rings. The summed E-state index contributed by atoms with van der Waals surface area (Å²) in [5.74, 6) is 12.1. The molecule has 10 atom stereocenters. The Kier molecular flexibility index (Phi) is 15.1. The van der Waals surface area contributed by atoms with Crippen LogP contribution in [-0.4, -0.2) is 30.7 Å². The first-order valence-corrected chi connectivity index (χ1v) is 23.0. The van der Waals surface area contributed by atoms with Crippen molar-refractivity contribution in [1.29, 1.82) is 0 Å². The molecule has 290 valence electrons. The maximum absolute atomic E-state index is 5.45. The first-order valence-electron chi connectivity index (χ1n) is 21.4. The van der Waals surface area contributed by atoms with Crippen LogP contribution in [0.2, 0.25) is 0 Å². The third-order valence-electron chi connectivity index (χ3n) is 15.3. The Bertz CT molecular complexity index is 1500. The van der Waals surface area contributed by atoms with Crippen molar-refractivity contribution in [2.75, 3.05) is 25.4 Å². The van der Waals surface area contributed by atoms with Crippen LogP contribution in [0.5, 0.6) is 0 Å². The molecule has 2 N–H and O–H groups in total. The predicted molar refractivity (Wildman–Crippen MR) is 232 cm³/mol. The molecule has 7 fully saturated rings. The monoisotopic (exact) mass is 757 g/mol. The third kappa shape index (κ3) is 7.15. The van der Waals surface area contributed by atoms with Gasteiger partial charge in [0.25, 0.3) is 0 Å². The van der Waals surface area contributed by atoms with Crippen LogP contribution in [0.25, 0.3) is 5.32 Å². The Hall–Kier alpha value is -1.19. The first kappa shape index (κ1) is 43.9. The maximum Gasteiger partial charge on any atom is 1.00 e. The summed E-state index contributed by atoms with van der Waals surface area (Å²) in [6, 6.07) is 30.9. The summed E-state index contributed by atoms with van der Waals surface area (Å²) in [5.41, 5.74) is 5.56. The molecule has 0 heterocycles. The molecule has 3 aromatic carbocycles. The van der Waals surface area contributed by atoms with Gasteiger partial charge >= 0.3 is 29.6 Å². The second-order valence-corrected chi connectivity index (χ2v) is 20.6. The van der Waals surface area contributed by atoms with Gasteiger partial charge in [-0.1, -0.05) is 126 Å². The molecule has 3 aromatic rings. The van der Waals surface area contributed by atoms with E-state index in [1.165, 1.54) is 48.0 Å². The average molecular weight is 757 g/mol. The molecule has 0 radical (unpaired) electrons. The Morgan fingerprint density at radius 2 is 1.31 bits per heavy atom. The standard InChI is InChI=1S/C21H31NP.C13H12.C7H10N2.C6H13.C2H6.Na/c1-3-13-8-18(9-14-4-5-20(13,14)18)23(12-22-2)19-10-16-6-15-7-17(11-19)21(15,16)19;1-3-7-12(8-4-1)11-13-9-5-2-6-10-13;1-9(8)7-5-3-2-4-6-7;1-4-5-6(2)3;1-2;/h13-17H,3-12H2,1-2H3;1-10H,11H2;2-6H,8H2,1H3;4,6H,5H2,1-3H3;1-2H3;/q-1;;;-1;;+1/t13?,14?,15?,16-,17?,18?,19?,20?,21?,23?;;;;;/m1...../s1. The number of hydrogen-bond acceptors (Lipinski definition) is 2. The van der Waals surface area contributed by atoms with E-state index in [4.69, 9.17) is 11.2 Å². The number of para-hydroxylation sites is 1. The van der Waals surface area contributed by atoms with E-state index >= 15 is 0 Å². The number of hydrazine groups is 1. The van der Waals surface area contributed by atoms with E-state index < -0.39 is 0 Å². The van der Waals surface area contributed by atoms with Gasteiger partial charge in [0.1, 0.15) is 0 Å². The van der Waals surface area contributed by atoms with Gasteiger partial charge in [-0.25, -0.2) is 5.84 Å². The van der Waals surface area contributed by atoms with Crippen molar-refractivity contribution in [2.45, 2.75) is 122 Å². The number of rotatable bonds is 10. The van der Waals surface area contributed by atoms with Crippen molar-refractivity contribution in [3.05, 3.63) is 114 Å². The summed E-state index contributed by atoms with van der Waals surface area (Å²) in [7, 11) is 4.12. The van der Waals surface area contributed by atoms with Gasteiger partial charge < -0.3 is 16.7 Å². The minimum Gasteiger partial charge on any atom is -0.661 e. The Morgan fingerprint density at radius 3 is 1.65 bits per heavy atom. The third-order valence-corrected chi connectivity index (χ3v) is 19.5. The van der Waals surface area contributed by atoms with Crippen molar-refractivity contribution in [3.8, 4) is 0 Å². The molecule has 9 unspecified atom stereocenters. The van der Waals surface area contributed by atoms with E-state index in [1.807, 2.05) is 51.2 Å². The zero-order valence-electron chi connectivity index (χ0n) is 35.6. The van der Waals surface area contributed by atoms with Crippen LogP contribution in [0.1, 0.15) is 117 Å². The molecule has 0 bridgehead atoms. The quantitative estimate of drug-likeness (QED) is 0.0736.